The van der Waals surface area contributed by atoms with Crippen LogP contribution in [0.4, 0.5) is 5.69 Å². The predicted molar refractivity (Wildman–Crippen MR) is 146 cm³/mol. The molecule has 0 saturated heterocycles. The average Bonchev–Trinajstić information content (AvgIpc) is 2.76. The molecule has 33 heavy (non-hydrogen) atoms. The van der Waals surface area contributed by atoms with Gasteiger partial charge >= 0.3 is 0 Å². The monoisotopic (exact) mass is 825 g/mol. The Morgan fingerprint density at radius 2 is 1.61 bits per heavy atom. The van der Waals surface area contributed by atoms with E-state index in [4.69, 9.17) is 26.7 Å². The number of nitrogens with one attached hydrogen (secondary N) is 1. The molecule has 0 aliphatic carbocycles. The molecule has 186 valence electrons. The standard InChI is InChI=1S/C18H23ClI3N3O8/c1-7(28)17(33-2)24-15-13(21)10(16(31)23-3-8(29)5-26)12(20)11(14(15)22)18(32)25(19)4-9(30)6-27/h7-9,26-30H,3-6H2,1-2H3,(H,23,31). The van der Waals surface area contributed by atoms with Crippen molar-refractivity contribution in [3.63, 3.8) is 0 Å². The molecule has 1 aromatic rings. The maximum absolute atomic E-state index is 13.1. The second-order valence-electron chi connectivity index (χ2n) is 6.60. The zero-order valence-corrected chi connectivity index (χ0v) is 24.7. The van der Waals surface area contributed by atoms with Crippen LogP contribution in [0.25, 0.3) is 0 Å². The fraction of sp³-hybridized carbons (Fsp3) is 0.500. The number of amides is 2. The number of nitrogens with zero attached hydrogens (tertiary/aromatic N) is 2. The number of ether oxygens (including phenoxy) is 1. The number of methoxy groups -OCH3 is 1. The van der Waals surface area contributed by atoms with Crippen LogP contribution in [0.15, 0.2) is 4.99 Å². The number of hydrogen-bond acceptors (Lipinski definition) is 9. The van der Waals surface area contributed by atoms with E-state index in [0.717, 1.165) is 0 Å². The quantitative estimate of drug-likeness (QED) is 0.0862. The van der Waals surface area contributed by atoms with Crippen LogP contribution in [0.5, 0.6) is 0 Å². The minimum absolute atomic E-state index is 0.00408. The van der Waals surface area contributed by atoms with Gasteiger partial charge in [0.15, 0.2) is 0 Å². The molecule has 3 atom stereocenters. The molecule has 0 fully saturated rings. The van der Waals surface area contributed by atoms with Crippen LogP contribution in [0.1, 0.15) is 27.6 Å². The van der Waals surface area contributed by atoms with Crippen molar-refractivity contribution in [1.82, 2.24) is 9.74 Å². The Kier molecular flexibility index (Phi) is 13.6. The molecule has 0 heterocycles. The van der Waals surface area contributed by atoms with E-state index >= 15 is 0 Å². The lowest BCUT2D eigenvalue weighted by atomic mass is 10.1. The number of aliphatic hydroxyl groups is 5. The predicted octanol–water partition coefficient (Wildman–Crippen LogP) is 0.590. The molecule has 0 aliphatic heterocycles. The lowest BCUT2D eigenvalue weighted by molar-refractivity contribution is 0.0634. The molecule has 0 saturated carbocycles. The third kappa shape index (κ3) is 8.23. The summed E-state index contributed by atoms with van der Waals surface area (Å²) in [5.74, 6) is -1.47. The topological polar surface area (TPSA) is 172 Å². The Bertz CT molecular complexity index is 903. The summed E-state index contributed by atoms with van der Waals surface area (Å²) < 4.78 is 6.66. The maximum Gasteiger partial charge on any atom is 0.270 e. The number of rotatable bonds is 10. The summed E-state index contributed by atoms with van der Waals surface area (Å²) in [6, 6.07) is 0. The van der Waals surface area contributed by atoms with Crippen LogP contribution >= 0.6 is 79.5 Å². The Morgan fingerprint density at radius 1 is 1.06 bits per heavy atom. The number of hydrogen-bond donors (Lipinski definition) is 6. The van der Waals surface area contributed by atoms with E-state index < -0.39 is 43.3 Å². The Hall–Kier alpha value is -0.0900. The zero-order chi connectivity index (χ0) is 25.5. The molecule has 0 bridgehead atoms. The van der Waals surface area contributed by atoms with E-state index in [-0.39, 0.29) is 39.4 Å². The number of benzene rings is 1. The highest BCUT2D eigenvalue weighted by Crippen LogP contribution is 2.38. The normalized spacial score (nSPS) is 14.5. The van der Waals surface area contributed by atoms with E-state index in [9.17, 15) is 24.9 Å². The van der Waals surface area contributed by atoms with Crippen molar-refractivity contribution in [3.8, 4) is 0 Å². The molecule has 1 aromatic carbocycles. The summed E-state index contributed by atoms with van der Waals surface area (Å²) in [6.45, 7) is -0.354. The Labute approximate surface area is 236 Å². The number of carbonyl (C=O) groups excluding carboxylic acids is 2. The summed E-state index contributed by atoms with van der Waals surface area (Å²) in [5, 5.41) is 49.7. The molecular weight excluding hydrogens is 802 g/mol. The third-order valence-electron chi connectivity index (χ3n) is 4.03. The third-order valence-corrected chi connectivity index (χ3v) is 7.51. The van der Waals surface area contributed by atoms with Crippen LogP contribution in [0.3, 0.4) is 0 Å². The number of carbonyl (C=O) groups is 2. The summed E-state index contributed by atoms with van der Waals surface area (Å²) in [5.41, 5.74) is 0.223. The minimum Gasteiger partial charge on any atom is -0.482 e. The van der Waals surface area contributed by atoms with Crippen molar-refractivity contribution < 1.29 is 39.9 Å². The first-order chi connectivity index (χ1) is 15.4. The van der Waals surface area contributed by atoms with Gasteiger partial charge in [-0.25, -0.2) is 9.41 Å². The van der Waals surface area contributed by atoms with Crippen molar-refractivity contribution in [2.75, 3.05) is 33.4 Å². The second-order valence-corrected chi connectivity index (χ2v) is 10.2. The van der Waals surface area contributed by atoms with Gasteiger partial charge in [0.25, 0.3) is 11.8 Å². The first-order valence-corrected chi connectivity index (χ1v) is 12.8. The average molecular weight is 826 g/mol. The SMILES string of the molecule is COC(=Nc1c(I)c(C(=O)NCC(O)CO)c(I)c(C(=O)N(Cl)CC(O)CO)c1I)C(C)O. The molecule has 15 heteroatoms. The highest BCUT2D eigenvalue weighted by Gasteiger charge is 2.31. The van der Waals surface area contributed by atoms with E-state index in [1.54, 1.807) is 0 Å². The van der Waals surface area contributed by atoms with Gasteiger partial charge in [-0.3, -0.25) is 9.59 Å². The van der Waals surface area contributed by atoms with E-state index in [1.807, 2.05) is 67.8 Å². The highest BCUT2D eigenvalue weighted by atomic mass is 127. The van der Waals surface area contributed by atoms with E-state index in [2.05, 4.69) is 10.3 Å². The van der Waals surface area contributed by atoms with Crippen LogP contribution in [-0.4, -0.2) is 99.4 Å². The van der Waals surface area contributed by atoms with Crippen molar-refractivity contribution in [3.05, 3.63) is 21.8 Å². The highest BCUT2D eigenvalue weighted by molar-refractivity contribution is 14.1. The molecule has 0 aromatic heterocycles. The summed E-state index contributed by atoms with van der Waals surface area (Å²) in [4.78, 5) is 30.4. The smallest absolute Gasteiger partial charge is 0.270 e. The molecule has 0 spiro atoms. The van der Waals surface area contributed by atoms with Gasteiger partial charge in [0.2, 0.25) is 5.90 Å². The molecule has 1 rings (SSSR count). The fourth-order valence-corrected chi connectivity index (χ4v) is 6.97. The summed E-state index contributed by atoms with van der Waals surface area (Å²) in [7, 11) is 1.31. The largest absolute Gasteiger partial charge is 0.482 e. The van der Waals surface area contributed by atoms with Gasteiger partial charge in [-0.05, 0) is 74.7 Å². The van der Waals surface area contributed by atoms with Crippen LogP contribution in [0, 0.1) is 10.7 Å². The molecule has 11 nitrogen and oxygen atoms in total. The first kappa shape index (κ1) is 30.9. The summed E-state index contributed by atoms with van der Waals surface area (Å²) in [6.07, 6.45) is -3.54. The van der Waals surface area contributed by atoms with Gasteiger partial charge < -0.3 is 35.6 Å². The fourth-order valence-electron chi connectivity index (χ4n) is 2.37. The van der Waals surface area contributed by atoms with Gasteiger partial charge in [0, 0.05) is 21.9 Å². The maximum atomic E-state index is 13.1. The van der Waals surface area contributed by atoms with Crippen LogP contribution < -0.4 is 5.32 Å². The molecule has 6 N–H and O–H groups in total. The van der Waals surface area contributed by atoms with Gasteiger partial charge in [0.1, 0.15) is 6.10 Å². The second kappa shape index (κ2) is 14.5. The summed E-state index contributed by atoms with van der Waals surface area (Å²) >= 11 is 11.6. The van der Waals surface area contributed by atoms with Gasteiger partial charge in [-0.1, -0.05) is 0 Å². The van der Waals surface area contributed by atoms with Crippen LogP contribution in [0.2, 0.25) is 0 Å². The first-order valence-electron chi connectivity index (χ1n) is 9.25. The van der Waals surface area contributed by atoms with Gasteiger partial charge in [0.05, 0.1) is 63.0 Å². The van der Waals surface area contributed by atoms with E-state index in [1.165, 1.54) is 14.0 Å². The Morgan fingerprint density at radius 3 is 2.09 bits per heavy atom. The van der Waals surface area contributed by atoms with Crippen LogP contribution in [-0.2, 0) is 4.74 Å². The van der Waals surface area contributed by atoms with Crippen molar-refractivity contribution >= 4 is 103 Å². The van der Waals surface area contributed by atoms with E-state index in [0.29, 0.717) is 11.6 Å². The van der Waals surface area contributed by atoms with Gasteiger partial charge in [-0.15, -0.1) is 0 Å². The van der Waals surface area contributed by atoms with Crippen molar-refractivity contribution in [1.29, 1.82) is 0 Å². The number of halogens is 4. The zero-order valence-electron chi connectivity index (χ0n) is 17.4. The van der Waals surface area contributed by atoms with Crippen molar-refractivity contribution in [2.45, 2.75) is 25.2 Å². The molecular formula is C18H23ClI3N3O8. The number of aliphatic imine (C=N–C) groups is 1. The molecule has 0 radical (unpaired) electrons. The lowest BCUT2D eigenvalue weighted by Crippen LogP contribution is -2.36. The Balaban J connectivity index is 3.75. The lowest BCUT2D eigenvalue weighted by Gasteiger charge is -2.22. The van der Waals surface area contributed by atoms with Crippen molar-refractivity contribution in [2.24, 2.45) is 4.99 Å². The molecule has 2 amide bonds. The number of aliphatic hydroxyl groups excluding tert-OH is 5. The molecule has 3 unspecified atom stereocenters. The molecule has 0 aliphatic rings. The minimum atomic E-state index is -1.28. The van der Waals surface area contributed by atoms with Gasteiger partial charge in [-0.2, -0.15) is 0 Å².